The third-order valence-corrected chi connectivity index (χ3v) is 3.50. The molecule has 0 amide bonds. The molecule has 1 aromatic heterocycles. The zero-order valence-electron chi connectivity index (χ0n) is 14.1. The molecule has 0 aromatic carbocycles. The summed E-state index contributed by atoms with van der Waals surface area (Å²) in [6.45, 7) is 6.22. The number of ether oxygens (including phenoxy) is 1. The Labute approximate surface area is 134 Å². The van der Waals surface area contributed by atoms with Crippen LogP contribution in [0, 0.1) is 0 Å². The summed E-state index contributed by atoms with van der Waals surface area (Å²) >= 11 is 0. The Morgan fingerprint density at radius 1 is 1.14 bits per heavy atom. The second kappa shape index (κ2) is 11.2. The quantitative estimate of drug-likeness (QED) is 0.463. The number of hydrogen-bond acceptors (Lipinski definition) is 5. The number of carbonyl (C=O) groups excluding carboxylic acids is 1. The van der Waals surface area contributed by atoms with Gasteiger partial charge >= 0.3 is 5.97 Å². The van der Waals surface area contributed by atoms with Crippen molar-refractivity contribution in [2.24, 2.45) is 0 Å². The maximum atomic E-state index is 11.2. The topological polar surface area (TPSA) is 45.7 Å². The van der Waals surface area contributed by atoms with Crippen LogP contribution in [0.1, 0.15) is 31.9 Å². The SMILES string of the molecule is CCOC(=O)CCCCN(C)CCN(C)Cc1ccccn1. The van der Waals surface area contributed by atoms with Crippen LogP contribution in [0.3, 0.4) is 0 Å². The van der Waals surface area contributed by atoms with Gasteiger partial charge in [-0.2, -0.15) is 0 Å². The molecule has 124 valence electrons. The number of aromatic nitrogens is 1. The van der Waals surface area contributed by atoms with Crippen molar-refractivity contribution < 1.29 is 9.53 Å². The monoisotopic (exact) mass is 307 g/mol. The molecule has 0 atom stereocenters. The average molecular weight is 307 g/mol. The van der Waals surface area contributed by atoms with E-state index >= 15 is 0 Å². The molecule has 0 unspecified atom stereocenters. The van der Waals surface area contributed by atoms with E-state index in [0.717, 1.165) is 44.7 Å². The highest BCUT2D eigenvalue weighted by atomic mass is 16.5. The lowest BCUT2D eigenvalue weighted by atomic mass is 10.2. The first-order chi connectivity index (χ1) is 10.6. The second-order valence-corrected chi connectivity index (χ2v) is 5.62. The van der Waals surface area contributed by atoms with Crippen molar-refractivity contribution in [1.29, 1.82) is 0 Å². The Bertz CT molecular complexity index is 412. The normalized spacial score (nSPS) is 11.1. The molecule has 1 heterocycles. The van der Waals surface area contributed by atoms with Gasteiger partial charge in [-0.1, -0.05) is 6.07 Å². The molecule has 22 heavy (non-hydrogen) atoms. The lowest BCUT2D eigenvalue weighted by Gasteiger charge is -2.21. The van der Waals surface area contributed by atoms with Crippen LogP contribution >= 0.6 is 0 Å². The van der Waals surface area contributed by atoms with Gasteiger partial charge in [0.15, 0.2) is 0 Å². The number of nitrogens with zero attached hydrogens (tertiary/aromatic N) is 3. The summed E-state index contributed by atoms with van der Waals surface area (Å²) in [4.78, 5) is 20.1. The predicted octanol–water partition coefficient (Wildman–Crippen LogP) is 2.18. The van der Waals surface area contributed by atoms with E-state index in [1.54, 1.807) is 0 Å². The first-order valence-electron chi connectivity index (χ1n) is 8.04. The molecular formula is C17H29N3O2. The molecule has 5 heteroatoms. The Morgan fingerprint density at radius 2 is 1.91 bits per heavy atom. The molecule has 0 saturated carbocycles. The number of pyridine rings is 1. The highest BCUT2D eigenvalue weighted by Crippen LogP contribution is 2.01. The van der Waals surface area contributed by atoms with Gasteiger partial charge in [0.25, 0.3) is 0 Å². The van der Waals surface area contributed by atoms with Gasteiger partial charge in [0.1, 0.15) is 0 Å². The van der Waals surface area contributed by atoms with E-state index in [0.29, 0.717) is 13.0 Å². The van der Waals surface area contributed by atoms with Gasteiger partial charge in [-0.05, 0) is 52.5 Å². The largest absolute Gasteiger partial charge is 0.466 e. The highest BCUT2D eigenvalue weighted by Gasteiger charge is 2.05. The number of carbonyl (C=O) groups is 1. The van der Waals surface area contributed by atoms with Crippen molar-refractivity contribution >= 4 is 5.97 Å². The fourth-order valence-electron chi connectivity index (χ4n) is 2.18. The van der Waals surface area contributed by atoms with E-state index in [1.165, 1.54) is 0 Å². The second-order valence-electron chi connectivity index (χ2n) is 5.62. The Kier molecular flexibility index (Phi) is 9.42. The van der Waals surface area contributed by atoms with Crippen molar-refractivity contribution in [2.75, 3.05) is 40.3 Å². The molecule has 0 bridgehead atoms. The molecule has 0 saturated heterocycles. The van der Waals surface area contributed by atoms with Crippen LogP contribution in [0.15, 0.2) is 24.4 Å². The van der Waals surface area contributed by atoms with E-state index < -0.39 is 0 Å². The Balaban J connectivity index is 2.07. The molecular weight excluding hydrogens is 278 g/mol. The molecule has 0 aliphatic carbocycles. The number of esters is 1. The van der Waals surface area contributed by atoms with Crippen molar-refractivity contribution in [3.05, 3.63) is 30.1 Å². The van der Waals surface area contributed by atoms with E-state index in [1.807, 2.05) is 25.3 Å². The molecule has 0 spiro atoms. The van der Waals surface area contributed by atoms with Crippen LogP contribution in [0.2, 0.25) is 0 Å². The maximum absolute atomic E-state index is 11.2. The summed E-state index contributed by atoms with van der Waals surface area (Å²) in [6.07, 6.45) is 4.28. The van der Waals surface area contributed by atoms with E-state index in [-0.39, 0.29) is 5.97 Å². The number of likely N-dealkylation sites (N-methyl/N-ethyl adjacent to an activating group) is 2. The smallest absolute Gasteiger partial charge is 0.305 e. The lowest BCUT2D eigenvalue weighted by Crippen LogP contribution is -2.31. The molecule has 0 aliphatic heterocycles. The van der Waals surface area contributed by atoms with Gasteiger partial charge in [0.05, 0.1) is 12.3 Å². The van der Waals surface area contributed by atoms with Crippen molar-refractivity contribution in [3.63, 3.8) is 0 Å². The molecule has 0 N–H and O–H groups in total. The van der Waals surface area contributed by atoms with Crippen LogP contribution in [0.25, 0.3) is 0 Å². The zero-order valence-corrected chi connectivity index (χ0v) is 14.1. The van der Waals surface area contributed by atoms with E-state index in [4.69, 9.17) is 4.74 Å². The number of hydrogen-bond donors (Lipinski definition) is 0. The van der Waals surface area contributed by atoms with Crippen LogP contribution in [0.4, 0.5) is 0 Å². The van der Waals surface area contributed by atoms with E-state index in [9.17, 15) is 4.79 Å². The molecule has 0 fully saturated rings. The van der Waals surface area contributed by atoms with Crippen LogP contribution < -0.4 is 0 Å². The Hall–Kier alpha value is -1.46. The molecule has 5 nitrogen and oxygen atoms in total. The number of rotatable bonds is 11. The van der Waals surface area contributed by atoms with Gasteiger partial charge in [-0.15, -0.1) is 0 Å². The summed E-state index contributed by atoms with van der Waals surface area (Å²) in [6, 6.07) is 6.01. The standard InChI is InChI=1S/C17H29N3O2/c1-4-22-17(21)10-6-8-12-19(2)13-14-20(3)15-16-9-5-7-11-18-16/h5,7,9,11H,4,6,8,10,12-15H2,1-3H3. The minimum absolute atomic E-state index is 0.0831. The summed E-state index contributed by atoms with van der Waals surface area (Å²) in [5.74, 6) is -0.0831. The molecule has 1 aromatic rings. The van der Waals surface area contributed by atoms with Crippen LogP contribution in [0.5, 0.6) is 0 Å². The van der Waals surface area contributed by atoms with Crippen molar-refractivity contribution in [2.45, 2.75) is 32.7 Å². The summed E-state index contributed by atoms with van der Waals surface area (Å²) < 4.78 is 4.92. The fraction of sp³-hybridized carbons (Fsp3) is 0.647. The third kappa shape index (κ3) is 8.74. The molecule has 1 rings (SSSR count). The van der Waals surface area contributed by atoms with Gasteiger partial charge in [-0.25, -0.2) is 0 Å². The lowest BCUT2D eigenvalue weighted by molar-refractivity contribution is -0.143. The van der Waals surface area contributed by atoms with E-state index in [2.05, 4.69) is 34.9 Å². The fourth-order valence-corrected chi connectivity index (χ4v) is 2.18. The van der Waals surface area contributed by atoms with Crippen LogP contribution in [-0.4, -0.2) is 61.1 Å². The average Bonchev–Trinajstić information content (AvgIpc) is 2.51. The van der Waals surface area contributed by atoms with Crippen molar-refractivity contribution in [3.8, 4) is 0 Å². The van der Waals surface area contributed by atoms with Crippen LogP contribution in [-0.2, 0) is 16.1 Å². The third-order valence-electron chi connectivity index (χ3n) is 3.50. The zero-order chi connectivity index (χ0) is 16.2. The summed E-state index contributed by atoms with van der Waals surface area (Å²) in [5.41, 5.74) is 1.10. The minimum Gasteiger partial charge on any atom is -0.466 e. The highest BCUT2D eigenvalue weighted by molar-refractivity contribution is 5.69. The van der Waals surface area contributed by atoms with Gasteiger partial charge in [0, 0.05) is 32.3 Å². The van der Waals surface area contributed by atoms with Gasteiger partial charge < -0.3 is 9.64 Å². The summed E-state index contributed by atoms with van der Waals surface area (Å²) in [7, 11) is 4.24. The first-order valence-corrected chi connectivity index (χ1v) is 8.04. The minimum atomic E-state index is -0.0831. The maximum Gasteiger partial charge on any atom is 0.305 e. The molecule has 0 radical (unpaired) electrons. The van der Waals surface area contributed by atoms with Gasteiger partial charge in [0.2, 0.25) is 0 Å². The Morgan fingerprint density at radius 3 is 2.59 bits per heavy atom. The summed E-state index contributed by atoms with van der Waals surface area (Å²) in [5, 5.41) is 0. The van der Waals surface area contributed by atoms with Gasteiger partial charge in [-0.3, -0.25) is 14.7 Å². The first kappa shape index (κ1) is 18.6. The number of unbranched alkanes of at least 4 members (excludes halogenated alkanes) is 1. The molecule has 0 aliphatic rings. The predicted molar refractivity (Wildman–Crippen MR) is 88.6 cm³/mol. The van der Waals surface area contributed by atoms with Crippen molar-refractivity contribution in [1.82, 2.24) is 14.8 Å².